The van der Waals surface area contributed by atoms with Crippen molar-refractivity contribution in [3.05, 3.63) is 35.6 Å². The highest BCUT2D eigenvalue weighted by molar-refractivity contribution is 9.10. The molecule has 3 heteroatoms. The van der Waals surface area contributed by atoms with Crippen molar-refractivity contribution in [3.63, 3.8) is 0 Å². The summed E-state index contributed by atoms with van der Waals surface area (Å²) in [6.45, 7) is 3.52. The van der Waals surface area contributed by atoms with E-state index in [1.165, 1.54) is 0 Å². The van der Waals surface area contributed by atoms with Gasteiger partial charge in [-0.05, 0) is 26.0 Å². The Balaban J connectivity index is 3.13. The lowest BCUT2D eigenvalue weighted by Gasteiger charge is -2.11. The molecule has 0 aromatic heterocycles. The number of Topliss-reactive ketones (excluding diaryl/α,β-unsaturated/α-hetero) is 1. The molecule has 0 aliphatic heterocycles. The third kappa shape index (κ3) is 2.84. The Labute approximate surface area is 92.5 Å². The first-order valence-corrected chi connectivity index (χ1v) is 5.11. The Kier molecular flexibility index (Phi) is 3.32. The number of hydrogen-bond acceptors (Lipinski definition) is 2. The summed E-state index contributed by atoms with van der Waals surface area (Å²) in [6.07, 6.45) is 7.41. The fraction of sp³-hybridized carbons (Fsp3) is 0.364. The Morgan fingerprint density at radius 2 is 2.21 bits per heavy atom. The van der Waals surface area contributed by atoms with E-state index < -0.39 is 0 Å². The Bertz CT molecular complexity index is 335. The maximum atomic E-state index is 11.3. The standard InChI is InChI=1S/C11H13BrO2/c1-8(13)9-6-10(14-3)4-5-11(2,12)7-9/h4-7H,1-3H3. The molecule has 0 bridgehead atoms. The SMILES string of the molecule is COC1=CC(C(C)=O)=CC(C)(Br)C=C1. The summed E-state index contributed by atoms with van der Waals surface area (Å²) in [5, 5.41) is 0. The van der Waals surface area contributed by atoms with E-state index in [4.69, 9.17) is 4.74 Å². The summed E-state index contributed by atoms with van der Waals surface area (Å²) >= 11 is 3.50. The van der Waals surface area contributed by atoms with Crippen LogP contribution in [0.15, 0.2) is 35.6 Å². The first kappa shape index (κ1) is 11.2. The number of allylic oxidation sites excluding steroid dienone is 5. The van der Waals surface area contributed by atoms with E-state index in [0.29, 0.717) is 11.3 Å². The molecule has 0 radical (unpaired) electrons. The van der Waals surface area contributed by atoms with Gasteiger partial charge in [0, 0.05) is 5.57 Å². The van der Waals surface area contributed by atoms with Crippen LogP contribution >= 0.6 is 15.9 Å². The molecule has 0 aromatic rings. The summed E-state index contributed by atoms with van der Waals surface area (Å²) < 4.78 is 4.82. The minimum atomic E-state index is -0.287. The molecule has 1 rings (SSSR count). The van der Waals surface area contributed by atoms with Gasteiger partial charge in [0.1, 0.15) is 5.76 Å². The van der Waals surface area contributed by atoms with Crippen molar-refractivity contribution in [2.24, 2.45) is 0 Å². The first-order chi connectivity index (χ1) is 6.44. The number of carbonyl (C=O) groups excluding carboxylic acids is 1. The molecule has 1 atom stereocenters. The average Bonchev–Trinajstić information content (AvgIpc) is 2.23. The largest absolute Gasteiger partial charge is 0.497 e. The minimum absolute atomic E-state index is 0.0360. The minimum Gasteiger partial charge on any atom is -0.497 e. The van der Waals surface area contributed by atoms with Crippen LogP contribution in [0.2, 0.25) is 0 Å². The van der Waals surface area contributed by atoms with Gasteiger partial charge in [0.2, 0.25) is 0 Å². The number of ketones is 1. The second-order valence-electron chi connectivity index (χ2n) is 3.39. The predicted octanol–water partition coefficient (Wildman–Crippen LogP) is 2.76. The Hall–Kier alpha value is -0.830. The summed E-state index contributed by atoms with van der Waals surface area (Å²) in [5.74, 6) is 0.726. The van der Waals surface area contributed by atoms with Crippen LogP contribution in [0.1, 0.15) is 13.8 Å². The number of hydrogen-bond donors (Lipinski definition) is 0. The van der Waals surface area contributed by atoms with Gasteiger partial charge < -0.3 is 4.74 Å². The molecule has 0 N–H and O–H groups in total. The van der Waals surface area contributed by atoms with Gasteiger partial charge >= 0.3 is 0 Å². The van der Waals surface area contributed by atoms with E-state index in [2.05, 4.69) is 15.9 Å². The Morgan fingerprint density at radius 3 is 2.71 bits per heavy atom. The summed E-state index contributed by atoms with van der Waals surface area (Å²) in [7, 11) is 1.59. The van der Waals surface area contributed by atoms with Crippen LogP contribution in [0, 0.1) is 0 Å². The molecule has 1 aliphatic carbocycles. The lowest BCUT2D eigenvalue weighted by molar-refractivity contribution is -0.113. The van der Waals surface area contributed by atoms with Gasteiger partial charge in [-0.25, -0.2) is 0 Å². The van der Waals surface area contributed by atoms with Gasteiger partial charge in [0.15, 0.2) is 5.78 Å². The summed E-state index contributed by atoms with van der Waals surface area (Å²) in [6, 6.07) is 0. The Morgan fingerprint density at radius 1 is 1.57 bits per heavy atom. The van der Waals surface area contributed by atoms with Gasteiger partial charge in [0.25, 0.3) is 0 Å². The van der Waals surface area contributed by atoms with Crippen LogP contribution in [0.25, 0.3) is 0 Å². The summed E-state index contributed by atoms with van der Waals surface area (Å²) in [4.78, 5) is 11.3. The first-order valence-electron chi connectivity index (χ1n) is 4.32. The lowest BCUT2D eigenvalue weighted by Crippen LogP contribution is -2.08. The van der Waals surface area contributed by atoms with E-state index in [1.807, 2.05) is 25.2 Å². The molecule has 76 valence electrons. The molecule has 1 aliphatic rings. The maximum absolute atomic E-state index is 11.3. The van der Waals surface area contributed by atoms with Crippen molar-refractivity contribution in [1.82, 2.24) is 0 Å². The summed E-state index contributed by atoms with van der Waals surface area (Å²) in [5.41, 5.74) is 0.659. The fourth-order valence-corrected chi connectivity index (χ4v) is 1.55. The number of ether oxygens (including phenoxy) is 1. The molecule has 0 fully saturated rings. The van der Waals surface area contributed by atoms with Gasteiger partial charge in [-0.2, -0.15) is 0 Å². The molecule has 0 spiro atoms. The zero-order valence-corrected chi connectivity index (χ0v) is 10.1. The number of carbonyl (C=O) groups is 1. The average molecular weight is 257 g/mol. The quantitative estimate of drug-likeness (QED) is 0.711. The van der Waals surface area contributed by atoms with Crippen LogP contribution in [0.4, 0.5) is 0 Å². The fourth-order valence-electron chi connectivity index (χ4n) is 1.17. The van der Waals surface area contributed by atoms with Crippen molar-refractivity contribution in [1.29, 1.82) is 0 Å². The molecule has 0 saturated heterocycles. The molecule has 0 heterocycles. The lowest BCUT2D eigenvalue weighted by atomic mass is 10.1. The number of methoxy groups -OCH3 is 1. The van der Waals surface area contributed by atoms with Gasteiger partial charge in [-0.1, -0.05) is 28.1 Å². The second kappa shape index (κ2) is 4.13. The molecule has 0 amide bonds. The monoisotopic (exact) mass is 256 g/mol. The highest BCUT2D eigenvalue weighted by Gasteiger charge is 2.18. The normalized spacial score (nSPS) is 26.3. The number of halogens is 1. The van der Waals surface area contributed by atoms with Crippen LogP contribution in [0.3, 0.4) is 0 Å². The van der Waals surface area contributed by atoms with Crippen molar-refractivity contribution < 1.29 is 9.53 Å². The van der Waals surface area contributed by atoms with Gasteiger partial charge in [-0.15, -0.1) is 0 Å². The third-order valence-corrected chi connectivity index (χ3v) is 2.44. The zero-order valence-electron chi connectivity index (χ0n) is 8.50. The maximum Gasteiger partial charge on any atom is 0.159 e. The van der Waals surface area contributed by atoms with E-state index in [9.17, 15) is 4.79 Å². The van der Waals surface area contributed by atoms with E-state index in [-0.39, 0.29) is 10.1 Å². The van der Waals surface area contributed by atoms with Gasteiger partial charge in [0.05, 0.1) is 11.4 Å². The van der Waals surface area contributed by atoms with Crippen LogP contribution in [0.5, 0.6) is 0 Å². The molecule has 2 nitrogen and oxygen atoms in total. The highest BCUT2D eigenvalue weighted by atomic mass is 79.9. The van der Waals surface area contributed by atoms with Crippen molar-refractivity contribution in [3.8, 4) is 0 Å². The van der Waals surface area contributed by atoms with Crippen LogP contribution in [-0.4, -0.2) is 17.2 Å². The molecule has 14 heavy (non-hydrogen) atoms. The molecular weight excluding hydrogens is 244 g/mol. The number of alkyl halides is 1. The molecular formula is C11H13BrO2. The molecule has 1 unspecified atom stereocenters. The van der Waals surface area contributed by atoms with E-state index in [0.717, 1.165) is 0 Å². The van der Waals surface area contributed by atoms with E-state index in [1.54, 1.807) is 20.1 Å². The topological polar surface area (TPSA) is 26.3 Å². The predicted molar refractivity (Wildman–Crippen MR) is 60.3 cm³/mol. The molecule has 0 aromatic carbocycles. The third-order valence-electron chi connectivity index (χ3n) is 1.95. The zero-order chi connectivity index (χ0) is 10.8. The second-order valence-corrected chi connectivity index (χ2v) is 5.10. The smallest absolute Gasteiger partial charge is 0.159 e. The van der Waals surface area contributed by atoms with Crippen molar-refractivity contribution >= 4 is 21.7 Å². The van der Waals surface area contributed by atoms with Crippen LogP contribution < -0.4 is 0 Å². The van der Waals surface area contributed by atoms with Crippen molar-refractivity contribution in [2.75, 3.05) is 7.11 Å². The number of rotatable bonds is 2. The van der Waals surface area contributed by atoms with Crippen LogP contribution in [-0.2, 0) is 9.53 Å². The highest BCUT2D eigenvalue weighted by Crippen LogP contribution is 2.27. The van der Waals surface area contributed by atoms with Crippen molar-refractivity contribution in [2.45, 2.75) is 18.2 Å². The van der Waals surface area contributed by atoms with E-state index >= 15 is 0 Å². The molecule has 0 saturated carbocycles. The van der Waals surface area contributed by atoms with Gasteiger partial charge in [-0.3, -0.25) is 4.79 Å².